The van der Waals surface area contributed by atoms with Gasteiger partial charge >= 0.3 is 0 Å². The predicted molar refractivity (Wildman–Crippen MR) is 77.4 cm³/mol. The van der Waals surface area contributed by atoms with E-state index in [1.165, 1.54) is 18.9 Å². The number of hydrogen-bond acceptors (Lipinski definition) is 2. The van der Waals surface area contributed by atoms with Crippen LogP contribution < -0.4 is 5.73 Å². The summed E-state index contributed by atoms with van der Waals surface area (Å²) in [7, 11) is 2.09. The summed E-state index contributed by atoms with van der Waals surface area (Å²) in [5.41, 5.74) is 6.86. The minimum atomic E-state index is -0.125. The second kappa shape index (κ2) is 5.59. The molecule has 0 spiro atoms. The van der Waals surface area contributed by atoms with Crippen LogP contribution in [0.4, 0.5) is 4.39 Å². The van der Waals surface area contributed by atoms with Crippen molar-refractivity contribution in [1.29, 1.82) is 0 Å². The van der Waals surface area contributed by atoms with Gasteiger partial charge in [-0.15, -0.1) is 0 Å². The van der Waals surface area contributed by atoms with Crippen LogP contribution in [0.2, 0.25) is 0 Å². The van der Waals surface area contributed by atoms with E-state index in [-0.39, 0.29) is 17.4 Å². The summed E-state index contributed by atoms with van der Waals surface area (Å²) in [6.45, 7) is 4.90. The molecule has 2 N–H and O–H groups in total. The molecule has 0 amide bonds. The van der Waals surface area contributed by atoms with Gasteiger partial charge in [0.05, 0.1) is 0 Å². The Morgan fingerprint density at radius 3 is 2.53 bits per heavy atom. The molecule has 0 heterocycles. The number of likely N-dealkylation sites (N-methyl/N-ethyl adjacent to an activating group) is 1. The minimum absolute atomic E-state index is 0.0156. The first-order chi connectivity index (χ1) is 9.06. The Labute approximate surface area is 115 Å². The van der Waals surface area contributed by atoms with Crippen LogP contribution in [-0.4, -0.2) is 24.0 Å². The third kappa shape index (κ3) is 2.54. The van der Waals surface area contributed by atoms with E-state index in [1.807, 2.05) is 12.1 Å². The van der Waals surface area contributed by atoms with Crippen molar-refractivity contribution in [1.82, 2.24) is 4.90 Å². The molecule has 1 aliphatic rings. The summed E-state index contributed by atoms with van der Waals surface area (Å²) in [5.74, 6) is 0.543. The summed E-state index contributed by atoms with van der Waals surface area (Å²) in [6.07, 6.45) is 3.52. The molecule has 2 rings (SSSR count). The summed E-state index contributed by atoms with van der Waals surface area (Å²) in [4.78, 5) is 2.29. The fraction of sp³-hybridized carbons (Fsp3) is 0.625. The van der Waals surface area contributed by atoms with E-state index in [9.17, 15) is 4.39 Å². The molecule has 2 nitrogen and oxygen atoms in total. The average molecular weight is 264 g/mol. The molecule has 106 valence electrons. The molecule has 1 fully saturated rings. The molecule has 19 heavy (non-hydrogen) atoms. The highest BCUT2D eigenvalue weighted by atomic mass is 19.1. The standard InChI is InChI=1S/C16H25FN2/c1-4-16(11-18,13-9-10-13)19(3)12(2)14-7-5-6-8-15(14)17/h5-8,12-13H,4,9-11,18H2,1-3H3. The summed E-state index contributed by atoms with van der Waals surface area (Å²) < 4.78 is 14.0. The fourth-order valence-corrected chi connectivity index (χ4v) is 3.31. The largest absolute Gasteiger partial charge is 0.329 e. The predicted octanol–water partition coefficient (Wildman–Crippen LogP) is 3.34. The Kier molecular flexibility index (Phi) is 4.26. The smallest absolute Gasteiger partial charge is 0.127 e. The lowest BCUT2D eigenvalue weighted by Crippen LogP contribution is -2.54. The Bertz CT molecular complexity index is 425. The van der Waals surface area contributed by atoms with E-state index in [0.717, 1.165) is 12.0 Å². The average Bonchev–Trinajstić information content (AvgIpc) is 3.25. The van der Waals surface area contributed by atoms with Crippen LogP contribution in [0, 0.1) is 11.7 Å². The zero-order chi connectivity index (χ0) is 14.0. The van der Waals surface area contributed by atoms with Crippen LogP contribution in [-0.2, 0) is 0 Å². The van der Waals surface area contributed by atoms with Crippen molar-refractivity contribution in [3.63, 3.8) is 0 Å². The van der Waals surface area contributed by atoms with Gasteiger partial charge in [0.15, 0.2) is 0 Å². The van der Waals surface area contributed by atoms with Crippen molar-refractivity contribution in [3.05, 3.63) is 35.6 Å². The Hall–Kier alpha value is -0.930. The van der Waals surface area contributed by atoms with Crippen LogP contribution in [0.25, 0.3) is 0 Å². The van der Waals surface area contributed by atoms with Crippen LogP contribution in [0.3, 0.4) is 0 Å². The molecule has 0 radical (unpaired) electrons. The fourth-order valence-electron chi connectivity index (χ4n) is 3.31. The second-order valence-corrected chi connectivity index (χ2v) is 5.74. The number of hydrogen-bond donors (Lipinski definition) is 1. The number of nitrogens with two attached hydrogens (primary N) is 1. The van der Waals surface area contributed by atoms with E-state index >= 15 is 0 Å². The van der Waals surface area contributed by atoms with Gasteiger partial charge in [-0.2, -0.15) is 0 Å². The SMILES string of the molecule is CCC(CN)(C1CC1)N(C)C(C)c1ccccc1F. The highest BCUT2D eigenvalue weighted by molar-refractivity contribution is 5.22. The first-order valence-electron chi connectivity index (χ1n) is 7.24. The molecule has 0 aliphatic heterocycles. The van der Waals surface area contributed by atoms with Gasteiger partial charge in [-0.3, -0.25) is 4.90 Å². The monoisotopic (exact) mass is 264 g/mol. The van der Waals surface area contributed by atoms with Crippen molar-refractivity contribution in [2.75, 3.05) is 13.6 Å². The van der Waals surface area contributed by atoms with Gasteiger partial charge in [-0.05, 0) is 45.2 Å². The van der Waals surface area contributed by atoms with Crippen molar-refractivity contribution >= 4 is 0 Å². The van der Waals surface area contributed by atoms with E-state index in [1.54, 1.807) is 6.07 Å². The third-order valence-corrected chi connectivity index (χ3v) is 4.94. The molecule has 2 unspecified atom stereocenters. The molecule has 0 bridgehead atoms. The van der Waals surface area contributed by atoms with Gasteiger partial charge in [0.1, 0.15) is 5.82 Å². The van der Waals surface area contributed by atoms with E-state index in [4.69, 9.17) is 5.73 Å². The highest BCUT2D eigenvalue weighted by Crippen LogP contribution is 2.46. The quantitative estimate of drug-likeness (QED) is 0.854. The van der Waals surface area contributed by atoms with Gasteiger partial charge in [-0.25, -0.2) is 4.39 Å². The molecular weight excluding hydrogens is 239 g/mol. The lowest BCUT2D eigenvalue weighted by atomic mass is 9.86. The van der Waals surface area contributed by atoms with Gasteiger partial charge < -0.3 is 5.73 Å². The maximum Gasteiger partial charge on any atom is 0.127 e. The zero-order valence-corrected chi connectivity index (χ0v) is 12.2. The van der Waals surface area contributed by atoms with E-state index < -0.39 is 0 Å². The number of nitrogens with zero attached hydrogens (tertiary/aromatic N) is 1. The van der Waals surface area contributed by atoms with Crippen LogP contribution in [0.5, 0.6) is 0 Å². The van der Waals surface area contributed by atoms with Crippen molar-refractivity contribution in [2.45, 2.75) is 44.7 Å². The number of rotatable bonds is 6. The Morgan fingerprint density at radius 2 is 2.05 bits per heavy atom. The molecule has 1 aromatic carbocycles. The first-order valence-corrected chi connectivity index (χ1v) is 7.24. The van der Waals surface area contributed by atoms with Crippen molar-refractivity contribution < 1.29 is 4.39 Å². The topological polar surface area (TPSA) is 29.3 Å². The second-order valence-electron chi connectivity index (χ2n) is 5.74. The van der Waals surface area contributed by atoms with Gasteiger partial charge in [0.2, 0.25) is 0 Å². The number of benzene rings is 1. The van der Waals surface area contributed by atoms with E-state index in [2.05, 4.69) is 25.8 Å². The molecule has 3 heteroatoms. The van der Waals surface area contributed by atoms with Gasteiger partial charge in [-0.1, -0.05) is 25.1 Å². The van der Waals surface area contributed by atoms with Crippen LogP contribution in [0.15, 0.2) is 24.3 Å². The van der Waals surface area contributed by atoms with Crippen LogP contribution >= 0.6 is 0 Å². The Balaban J connectivity index is 2.27. The van der Waals surface area contributed by atoms with Gasteiger partial charge in [0.25, 0.3) is 0 Å². The lowest BCUT2D eigenvalue weighted by Gasteiger charge is -2.45. The van der Waals surface area contributed by atoms with Gasteiger partial charge in [0, 0.05) is 23.7 Å². The summed E-state index contributed by atoms with van der Waals surface area (Å²) in [5, 5.41) is 0. The maximum atomic E-state index is 14.0. The molecular formula is C16H25FN2. The summed E-state index contributed by atoms with van der Waals surface area (Å²) >= 11 is 0. The highest BCUT2D eigenvalue weighted by Gasteiger charge is 2.47. The Morgan fingerprint density at radius 1 is 1.42 bits per heavy atom. The molecule has 2 atom stereocenters. The molecule has 0 aromatic heterocycles. The lowest BCUT2D eigenvalue weighted by molar-refractivity contribution is 0.0581. The minimum Gasteiger partial charge on any atom is -0.329 e. The van der Waals surface area contributed by atoms with Crippen molar-refractivity contribution in [2.24, 2.45) is 11.7 Å². The van der Waals surface area contributed by atoms with E-state index in [0.29, 0.717) is 12.5 Å². The molecule has 0 saturated heterocycles. The van der Waals surface area contributed by atoms with Crippen LogP contribution in [0.1, 0.15) is 44.7 Å². The first kappa shape index (κ1) is 14.5. The van der Waals surface area contributed by atoms with Crippen molar-refractivity contribution in [3.8, 4) is 0 Å². The maximum absolute atomic E-state index is 14.0. The zero-order valence-electron chi connectivity index (χ0n) is 12.2. The number of halogens is 1. The molecule has 1 aromatic rings. The third-order valence-electron chi connectivity index (χ3n) is 4.94. The normalized spacial score (nSPS) is 20.3. The summed E-state index contributed by atoms with van der Waals surface area (Å²) in [6, 6.07) is 7.09. The molecule has 1 saturated carbocycles. The molecule has 1 aliphatic carbocycles.